The second-order valence-electron chi connectivity index (χ2n) is 5.53. The molecule has 2 rings (SSSR count). The summed E-state index contributed by atoms with van der Waals surface area (Å²) < 4.78 is 10.3. The normalized spacial score (nSPS) is 11.9. The maximum Gasteiger partial charge on any atom is 0.321 e. The summed E-state index contributed by atoms with van der Waals surface area (Å²) in [5.74, 6) is -3.12. The summed E-state index contributed by atoms with van der Waals surface area (Å²) in [7, 11) is 0. The Labute approximate surface area is 163 Å². The van der Waals surface area contributed by atoms with Gasteiger partial charge in [0.25, 0.3) is 0 Å². The largest absolute Gasteiger partial charge is 0.465 e. The second-order valence-corrected chi connectivity index (χ2v) is 6.38. The van der Waals surface area contributed by atoms with E-state index in [-0.39, 0.29) is 13.2 Å². The molecular formula is C20H20Cl2O4. The predicted molar refractivity (Wildman–Crippen MR) is 102 cm³/mol. The Hall–Kier alpha value is -2.04. The first kappa shape index (κ1) is 20.3. The van der Waals surface area contributed by atoms with Crippen LogP contribution in [0, 0.1) is 5.92 Å². The van der Waals surface area contributed by atoms with Gasteiger partial charge in [-0.1, -0.05) is 53.5 Å². The van der Waals surface area contributed by atoms with Crippen LogP contribution in [0.4, 0.5) is 0 Å². The molecule has 0 aromatic heterocycles. The van der Waals surface area contributed by atoms with E-state index in [1.54, 1.807) is 62.4 Å². The van der Waals surface area contributed by atoms with E-state index in [0.717, 1.165) is 0 Å². The summed E-state index contributed by atoms with van der Waals surface area (Å²) in [6.07, 6.45) is 0. The van der Waals surface area contributed by atoms with Crippen molar-refractivity contribution in [2.75, 3.05) is 13.2 Å². The Balaban J connectivity index is 2.61. The van der Waals surface area contributed by atoms with E-state index < -0.39 is 23.8 Å². The number of benzene rings is 2. The molecule has 0 saturated heterocycles. The molecule has 0 aliphatic carbocycles. The summed E-state index contributed by atoms with van der Waals surface area (Å²) >= 11 is 12.4. The van der Waals surface area contributed by atoms with Crippen LogP contribution in [0.5, 0.6) is 0 Å². The highest BCUT2D eigenvalue weighted by Gasteiger charge is 2.40. The van der Waals surface area contributed by atoms with Crippen LogP contribution in [0.2, 0.25) is 10.0 Å². The van der Waals surface area contributed by atoms with Gasteiger partial charge in [0.05, 0.1) is 13.2 Å². The summed E-state index contributed by atoms with van der Waals surface area (Å²) in [4.78, 5) is 25.3. The topological polar surface area (TPSA) is 52.6 Å². The summed E-state index contributed by atoms with van der Waals surface area (Å²) in [5, 5.41) is 1.00. The first-order chi connectivity index (χ1) is 12.5. The predicted octanol–water partition coefficient (Wildman–Crippen LogP) is 4.87. The second kappa shape index (κ2) is 9.60. The first-order valence-corrected chi connectivity index (χ1v) is 9.08. The maximum atomic E-state index is 12.6. The van der Waals surface area contributed by atoms with E-state index in [9.17, 15) is 9.59 Å². The number of halogens is 2. The van der Waals surface area contributed by atoms with Gasteiger partial charge in [-0.15, -0.1) is 0 Å². The Bertz CT molecular complexity index is 741. The minimum absolute atomic E-state index is 0.157. The number of hydrogen-bond donors (Lipinski definition) is 0. The van der Waals surface area contributed by atoms with Crippen LogP contribution in [0.15, 0.2) is 48.5 Å². The third kappa shape index (κ3) is 4.77. The van der Waals surface area contributed by atoms with Crippen molar-refractivity contribution in [2.45, 2.75) is 19.8 Å². The van der Waals surface area contributed by atoms with Crippen LogP contribution in [0.25, 0.3) is 0 Å². The molecule has 26 heavy (non-hydrogen) atoms. The molecule has 0 bridgehead atoms. The fraction of sp³-hybridized carbons (Fsp3) is 0.300. The van der Waals surface area contributed by atoms with Crippen molar-refractivity contribution in [1.82, 2.24) is 0 Å². The van der Waals surface area contributed by atoms with Crippen molar-refractivity contribution in [3.8, 4) is 0 Å². The smallest absolute Gasteiger partial charge is 0.321 e. The first-order valence-electron chi connectivity index (χ1n) is 8.32. The van der Waals surface area contributed by atoms with Crippen LogP contribution in [0.3, 0.4) is 0 Å². The number of ether oxygens (including phenoxy) is 2. The maximum absolute atomic E-state index is 12.6. The zero-order valence-electron chi connectivity index (χ0n) is 14.6. The van der Waals surface area contributed by atoms with Crippen LogP contribution in [0.1, 0.15) is 30.9 Å². The molecule has 0 N–H and O–H groups in total. The Morgan fingerprint density at radius 1 is 0.885 bits per heavy atom. The van der Waals surface area contributed by atoms with E-state index in [1.807, 2.05) is 0 Å². The molecule has 0 heterocycles. The van der Waals surface area contributed by atoms with E-state index in [4.69, 9.17) is 32.7 Å². The van der Waals surface area contributed by atoms with Gasteiger partial charge >= 0.3 is 11.9 Å². The monoisotopic (exact) mass is 394 g/mol. The highest BCUT2D eigenvalue weighted by Crippen LogP contribution is 2.38. The zero-order valence-corrected chi connectivity index (χ0v) is 16.1. The quantitative estimate of drug-likeness (QED) is 0.496. The van der Waals surface area contributed by atoms with Gasteiger partial charge < -0.3 is 9.47 Å². The van der Waals surface area contributed by atoms with Gasteiger partial charge in [0.1, 0.15) is 0 Å². The van der Waals surface area contributed by atoms with Crippen molar-refractivity contribution in [3.63, 3.8) is 0 Å². The summed E-state index contributed by atoms with van der Waals surface area (Å²) in [6, 6.07) is 14.0. The molecule has 2 aromatic rings. The third-order valence-electron chi connectivity index (χ3n) is 3.88. The molecule has 0 spiro atoms. The molecule has 0 fully saturated rings. The molecule has 0 unspecified atom stereocenters. The molecule has 0 saturated carbocycles. The van der Waals surface area contributed by atoms with Gasteiger partial charge in [-0.05, 0) is 43.2 Å². The number of esters is 2. The average Bonchev–Trinajstić information content (AvgIpc) is 2.61. The third-order valence-corrected chi connectivity index (χ3v) is 4.48. The van der Waals surface area contributed by atoms with Gasteiger partial charge in [-0.25, -0.2) is 0 Å². The van der Waals surface area contributed by atoms with Crippen LogP contribution in [-0.2, 0) is 19.1 Å². The molecule has 4 nitrogen and oxygen atoms in total. The molecule has 6 heteroatoms. The summed E-state index contributed by atoms with van der Waals surface area (Å²) in [5.41, 5.74) is 1.36. The van der Waals surface area contributed by atoms with Crippen molar-refractivity contribution in [2.24, 2.45) is 5.92 Å². The Morgan fingerprint density at radius 2 is 1.42 bits per heavy atom. The minimum Gasteiger partial charge on any atom is -0.465 e. The van der Waals surface area contributed by atoms with E-state index >= 15 is 0 Å². The molecule has 0 amide bonds. The number of hydrogen-bond acceptors (Lipinski definition) is 4. The Kier molecular flexibility index (Phi) is 7.49. The molecule has 0 aliphatic rings. The van der Waals surface area contributed by atoms with Crippen LogP contribution < -0.4 is 0 Å². The molecule has 138 valence electrons. The molecule has 1 atom stereocenters. The van der Waals surface area contributed by atoms with Crippen LogP contribution >= 0.6 is 23.2 Å². The molecule has 0 aliphatic heterocycles. The fourth-order valence-corrected chi connectivity index (χ4v) is 3.16. The van der Waals surface area contributed by atoms with Crippen molar-refractivity contribution < 1.29 is 19.1 Å². The summed E-state index contributed by atoms with van der Waals surface area (Å²) in [6.45, 7) is 3.69. The Morgan fingerprint density at radius 3 is 1.92 bits per heavy atom. The van der Waals surface area contributed by atoms with Crippen molar-refractivity contribution >= 4 is 35.1 Å². The fourth-order valence-electron chi connectivity index (χ4n) is 2.78. The lowest BCUT2D eigenvalue weighted by Gasteiger charge is -2.26. The zero-order chi connectivity index (χ0) is 19.1. The van der Waals surface area contributed by atoms with Gasteiger partial charge in [-0.2, -0.15) is 0 Å². The lowest BCUT2D eigenvalue weighted by atomic mass is 9.80. The van der Waals surface area contributed by atoms with E-state index in [2.05, 4.69) is 0 Å². The molecular weight excluding hydrogens is 375 g/mol. The van der Waals surface area contributed by atoms with E-state index in [0.29, 0.717) is 21.2 Å². The lowest BCUT2D eigenvalue weighted by Crippen LogP contribution is -2.34. The standard InChI is InChI=1S/C20H20Cl2O4/c1-3-25-19(23)18(20(24)26-4-2)17(13-9-11-14(21)12-10-13)15-7-5-6-8-16(15)22/h5-12,17-18H,3-4H2,1-2H3/t17-/m0/s1. The minimum atomic E-state index is -1.17. The number of carbonyl (C=O) groups is 2. The highest BCUT2D eigenvalue weighted by molar-refractivity contribution is 6.31. The van der Waals surface area contributed by atoms with E-state index in [1.165, 1.54) is 0 Å². The van der Waals surface area contributed by atoms with Gasteiger partial charge in [0.15, 0.2) is 5.92 Å². The van der Waals surface area contributed by atoms with Crippen LogP contribution in [-0.4, -0.2) is 25.2 Å². The number of carbonyl (C=O) groups excluding carboxylic acids is 2. The van der Waals surface area contributed by atoms with Gasteiger partial charge in [0, 0.05) is 16.0 Å². The highest BCUT2D eigenvalue weighted by atomic mass is 35.5. The average molecular weight is 395 g/mol. The SMILES string of the molecule is CCOC(=O)C(C(=O)OCC)[C@@H](c1ccc(Cl)cc1)c1ccccc1Cl. The van der Waals surface area contributed by atoms with Crippen molar-refractivity contribution in [1.29, 1.82) is 0 Å². The number of rotatable bonds is 7. The molecule has 2 aromatic carbocycles. The van der Waals surface area contributed by atoms with Gasteiger partial charge in [-0.3, -0.25) is 9.59 Å². The molecule has 0 radical (unpaired) electrons. The van der Waals surface area contributed by atoms with Gasteiger partial charge in [0.2, 0.25) is 0 Å². The lowest BCUT2D eigenvalue weighted by molar-refractivity contribution is -0.162. The van der Waals surface area contributed by atoms with Crippen molar-refractivity contribution in [3.05, 3.63) is 69.7 Å².